The molecule has 1 aliphatic heterocycles. The molecule has 2 amide bonds. The van der Waals surface area contributed by atoms with Crippen molar-refractivity contribution in [3.63, 3.8) is 0 Å². The highest BCUT2D eigenvalue weighted by atomic mass is 35.5. The Hall–Kier alpha value is -2.77. The summed E-state index contributed by atoms with van der Waals surface area (Å²) in [7, 11) is 0. The van der Waals surface area contributed by atoms with E-state index in [9.17, 15) is 9.59 Å². The summed E-state index contributed by atoms with van der Waals surface area (Å²) < 4.78 is 0. The highest BCUT2D eigenvalue weighted by Crippen LogP contribution is 2.30. The lowest BCUT2D eigenvalue weighted by Crippen LogP contribution is -2.29. The minimum atomic E-state index is -0.833. The quantitative estimate of drug-likeness (QED) is 0.799. The Morgan fingerprint density at radius 3 is 2.46 bits per heavy atom. The monoisotopic (exact) mass is 389 g/mol. The summed E-state index contributed by atoms with van der Waals surface area (Å²) >= 11 is 11.9. The molecule has 0 bridgehead atoms. The van der Waals surface area contributed by atoms with Crippen LogP contribution < -0.4 is 10.7 Å². The fourth-order valence-corrected chi connectivity index (χ4v) is 2.60. The van der Waals surface area contributed by atoms with Crippen LogP contribution in [0.4, 0.5) is 11.4 Å². The van der Waals surface area contributed by atoms with Gasteiger partial charge in [-0.05, 0) is 49.4 Å². The molecule has 0 radical (unpaired) electrons. The Morgan fingerprint density at radius 1 is 1.15 bits per heavy atom. The van der Waals surface area contributed by atoms with Crippen LogP contribution in [-0.4, -0.2) is 23.6 Å². The predicted octanol–water partition coefficient (Wildman–Crippen LogP) is 3.97. The maximum Gasteiger partial charge on any atom is 0.280 e. The fraction of sp³-hybridized carbons (Fsp3) is 0.118. The lowest BCUT2D eigenvalue weighted by atomic mass is 10.2. The molecule has 26 heavy (non-hydrogen) atoms. The van der Waals surface area contributed by atoms with E-state index >= 15 is 0 Å². The summed E-state index contributed by atoms with van der Waals surface area (Å²) in [5, 5.41) is 14.3. The second-order valence-corrected chi connectivity index (χ2v) is 6.33. The minimum absolute atomic E-state index is 0.324. The molecule has 1 atom stereocenters. The van der Waals surface area contributed by atoms with Gasteiger partial charge in [0.25, 0.3) is 5.91 Å². The van der Waals surface area contributed by atoms with Gasteiger partial charge in [0, 0.05) is 5.56 Å². The third-order valence-electron chi connectivity index (χ3n) is 3.68. The first kappa shape index (κ1) is 18.0. The average molecular weight is 390 g/mol. The number of hydrogen-bond acceptors (Lipinski definition) is 5. The number of carbonyl (C=O) groups excluding carboxylic acids is 2. The Morgan fingerprint density at radius 2 is 1.85 bits per heavy atom. The second-order valence-electron chi connectivity index (χ2n) is 5.52. The van der Waals surface area contributed by atoms with Crippen molar-refractivity contribution in [2.45, 2.75) is 13.0 Å². The Labute approximate surface area is 159 Å². The van der Waals surface area contributed by atoms with Crippen molar-refractivity contribution in [3.05, 3.63) is 58.1 Å². The highest BCUT2D eigenvalue weighted by Gasteiger charge is 2.34. The maximum absolute atomic E-state index is 12.6. The van der Waals surface area contributed by atoms with Gasteiger partial charge in [-0.15, -0.1) is 0 Å². The largest absolute Gasteiger partial charge is 0.366 e. The van der Waals surface area contributed by atoms with E-state index in [1.807, 2.05) is 0 Å². The average Bonchev–Trinajstić information content (AvgIpc) is 2.90. The zero-order valence-corrected chi connectivity index (χ0v) is 15.1. The number of hydrogen-bond donors (Lipinski definition) is 1. The van der Waals surface area contributed by atoms with Gasteiger partial charge in [-0.1, -0.05) is 23.2 Å². The first-order chi connectivity index (χ1) is 12.4. The Balaban J connectivity index is 1.79. The molecule has 9 heteroatoms. The molecule has 1 aliphatic rings. The van der Waals surface area contributed by atoms with E-state index < -0.39 is 11.9 Å². The molecule has 1 unspecified atom stereocenters. The maximum atomic E-state index is 12.6. The van der Waals surface area contributed by atoms with Gasteiger partial charge >= 0.3 is 0 Å². The number of carbonyl (C=O) groups is 2. The van der Waals surface area contributed by atoms with Crippen LogP contribution in [-0.2, 0) is 4.79 Å². The molecular formula is C17H13Cl2N5O2. The number of amides is 2. The summed E-state index contributed by atoms with van der Waals surface area (Å²) in [6, 6.07) is 10.2. The first-order valence-electron chi connectivity index (χ1n) is 7.51. The van der Waals surface area contributed by atoms with Gasteiger partial charge in [-0.3, -0.25) is 9.59 Å². The van der Waals surface area contributed by atoms with Crippen LogP contribution >= 0.6 is 23.2 Å². The van der Waals surface area contributed by atoms with Crippen molar-refractivity contribution < 1.29 is 9.59 Å². The number of nitrogens with two attached hydrogens (primary N) is 1. The van der Waals surface area contributed by atoms with Crippen molar-refractivity contribution in [2.75, 3.05) is 5.01 Å². The number of hydrazone groups is 1. The van der Waals surface area contributed by atoms with E-state index in [0.717, 1.165) is 0 Å². The smallest absolute Gasteiger partial charge is 0.280 e. The molecule has 0 aromatic heterocycles. The lowest BCUT2D eigenvalue weighted by molar-refractivity contribution is -0.117. The zero-order chi connectivity index (χ0) is 18.8. The van der Waals surface area contributed by atoms with E-state index in [1.54, 1.807) is 37.3 Å². The molecule has 0 aliphatic carbocycles. The van der Waals surface area contributed by atoms with Gasteiger partial charge in [0.2, 0.25) is 5.91 Å². The zero-order valence-electron chi connectivity index (χ0n) is 13.6. The van der Waals surface area contributed by atoms with Crippen LogP contribution in [0.2, 0.25) is 10.0 Å². The third-order valence-corrected chi connectivity index (χ3v) is 4.42. The van der Waals surface area contributed by atoms with Gasteiger partial charge in [0.1, 0.15) is 0 Å². The molecule has 132 valence electrons. The minimum Gasteiger partial charge on any atom is -0.366 e. The summed E-state index contributed by atoms with van der Waals surface area (Å²) in [6.45, 7) is 1.69. The van der Waals surface area contributed by atoms with Crippen molar-refractivity contribution in [2.24, 2.45) is 21.1 Å². The molecule has 7 nitrogen and oxygen atoms in total. The number of nitrogens with zero attached hydrogens (tertiary/aromatic N) is 4. The van der Waals surface area contributed by atoms with Crippen molar-refractivity contribution >= 4 is 52.1 Å². The standard InChI is InChI=1S/C17H13Cl2N5O2/c1-9-15(22-21-11-4-2-10(3-5-11)16(20)25)17(26)24(23-9)12-6-7-13(18)14(19)8-12/h2-8,15H,1H3,(H2,20,25). The topological polar surface area (TPSA) is 100 Å². The summed E-state index contributed by atoms with van der Waals surface area (Å²) in [5.74, 6) is -0.877. The Kier molecular flexibility index (Phi) is 5.01. The van der Waals surface area contributed by atoms with Crippen molar-refractivity contribution in [1.29, 1.82) is 0 Å². The molecule has 3 rings (SSSR count). The van der Waals surface area contributed by atoms with Crippen LogP contribution in [0.1, 0.15) is 17.3 Å². The molecule has 1 heterocycles. The number of anilines is 1. The van der Waals surface area contributed by atoms with Crippen molar-refractivity contribution in [3.8, 4) is 0 Å². The normalized spacial score (nSPS) is 17.0. The van der Waals surface area contributed by atoms with Crippen LogP contribution in [0.25, 0.3) is 0 Å². The van der Waals surface area contributed by atoms with Crippen LogP contribution in [0, 0.1) is 0 Å². The second kappa shape index (κ2) is 7.23. The van der Waals surface area contributed by atoms with Gasteiger partial charge in [0.05, 0.1) is 27.1 Å². The molecule has 0 spiro atoms. The van der Waals surface area contributed by atoms with Gasteiger partial charge < -0.3 is 5.73 Å². The number of rotatable bonds is 4. The van der Waals surface area contributed by atoms with Gasteiger partial charge in [-0.25, -0.2) is 0 Å². The Bertz CT molecular complexity index is 941. The number of benzene rings is 2. The van der Waals surface area contributed by atoms with E-state index in [1.165, 1.54) is 17.1 Å². The van der Waals surface area contributed by atoms with E-state index in [2.05, 4.69) is 15.3 Å². The predicted molar refractivity (Wildman–Crippen MR) is 100 cm³/mol. The molecule has 0 fully saturated rings. The number of azo groups is 1. The fourth-order valence-electron chi connectivity index (χ4n) is 2.31. The number of primary amides is 1. The summed E-state index contributed by atoms with van der Waals surface area (Å²) in [6.07, 6.45) is 0. The first-order valence-corrected chi connectivity index (χ1v) is 8.27. The molecular weight excluding hydrogens is 377 g/mol. The van der Waals surface area contributed by atoms with Crippen LogP contribution in [0.15, 0.2) is 57.8 Å². The molecule has 2 N–H and O–H groups in total. The van der Waals surface area contributed by atoms with Crippen molar-refractivity contribution in [1.82, 2.24) is 0 Å². The molecule has 0 saturated carbocycles. The van der Waals surface area contributed by atoms with E-state index in [-0.39, 0.29) is 5.91 Å². The van der Waals surface area contributed by atoms with Crippen LogP contribution in [0.3, 0.4) is 0 Å². The third kappa shape index (κ3) is 3.58. The summed E-state index contributed by atoms with van der Waals surface area (Å²) in [5.41, 5.74) is 7.03. The molecule has 2 aromatic carbocycles. The van der Waals surface area contributed by atoms with Crippen LogP contribution in [0.5, 0.6) is 0 Å². The van der Waals surface area contributed by atoms with Gasteiger partial charge in [-0.2, -0.15) is 20.3 Å². The van der Waals surface area contributed by atoms with E-state index in [4.69, 9.17) is 28.9 Å². The van der Waals surface area contributed by atoms with E-state index in [0.29, 0.717) is 32.7 Å². The highest BCUT2D eigenvalue weighted by molar-refractivity contribution is 6.42. The SMILES string of the molecule is CC1=NN(c2ccc(Cl)c(Cl)c2)C(=O)C1N=Nc1ccc(C(N)=O)cc1. The lowest BCUT2D eigenvalue weighted by Gasteiger charge is -2.13. The number of halogens is 2. The molecule has 2 aromatic rings. The van der Waals surface area contributed by atoms with Gasteiger partial charge in [0.15, 0.2) is 6.04 Å². The molecule has 0 saturated heterocycles. The summed E-state index contributed by atoms with van der Waals surface area (Å²) in [4.78, 5) is 23.7.